The maximum atomic E-state index is 14.3. The molecule has 3 aliphatic rings. The lowest BCUT2D eigenvalue weighted by atomic mass is 9.84. The van der Waals surface area contributed by atoms with Gasteiger partial charge in [-0.3, -0.25) is 19.2 Å². The Morgan fingerprint density at radius 1 is 0.855 bits per heavy atom. The van der Waals surface area contributed by atoms with Gasteiger partial charge < -0.3 is 68.9 Å². The van der Waals surface area contributed by atoms with Crippen molar-refractivity contribution in [3.8, 4) is 21.9 Å². The van der Waals surface area contributed by atoms with Gasteiger partial charge in [0.15, 0.2) is 0 Å². The third kappa shape index (κ3) is 18.1. The summed E-state index contributed by atoms with van der Waals surface area (Å²) in [7, 11) is 1.88. The molecule has 1 saturated carbocycles. The molecule has 23 heteroatoms. The summed E-state index contributed by atoms with van der Waals surface area (Å²) in [5.41, 5.74) is 6.59. The van der Waals surface area contributed by atoms with Gasteiger partial charge >= 0.3 is 0 Å². The molecule has 3 aromatic carbocycles. The number of aliphatic hydroxyl groups excluding tert-OH is 1. The van der Waals surface area contributed by atoms with Crippen molar-refractivity contribution in [3.63, 3.8) is 0 Å². The molecule has 0 radical (unpaired) electrons. The van der Waals surface area contributed by atoms with Crippen molar-refractivity contribution in [1.82, 2.24) is 35.0 Å². The predicted molar refractivity (Wildman–Crippen MR) is 318 cm³/mol. The number of ether oxygens (including phenoxy) is 7. The molecule has 5 aromatic rings. The highest BCUT2D eigenvalue weighted by Crippen LogP contribution is 2.34. The predicted octanol–water partition coefficient (Wildman–Crippen LogP) is 7.27. The molecule has 2 aromatic heterocycles. The van der Waals surface area contributed by atoms with E-state index in [9.17, 15) is 24.3 Å². The molecule has 448 valence electrons. The molecule has 21 nitrogen and oxygen atoms in total. The first-order valence-corrected chi connectivity index (χ1v) is 30.2. The van der Waals surface area contributed by atoms with Crippen molar-refractivity contribution >= 4 is 68.3 Å². The number of likely N-dealkylation sites (tertiary alicyclic amines) is 1. The third-order valence-corrected chi connectivity index (χ3v) is 16.1. The number of aromatic nitrogens is 3. The number of hydrogen-bond acceptors (Lipinski definition) is 18. The lowest BCUT2D eigenvalue weighted by molar-refractivity contribution is -0.143. The summed E-state index contributed by atoms with van der Waals surface area (Å²) in [6, 6.07) is 18.9. The van der Waals surface area contributed by atoms with Crippen LogP contribution in [0.5, 0.6) is 11.5 Å². The number of benzene rings is 3. The zero-order valence-corrected chi connectivity index (χ0v) is 50.3. The van der Waals surface area contributed by atoms with Gasteiger partial charge in [-0.1, -0.05) is 50.6 Å². The van der Waals surface area contributed by atoms with Gasteiger partial charge in [0.2, 0.25) is 23.7 Å². The lowest BCUT2D eigenvalue weighted by Gasteiger charge is -2.35. The van der Waals surface area contributed by atoms with Gasteiger partial charge in [0, 0.05) is 75.1 Å². The zero-order chi connectivity index (χ0) is 58.5. The first-order chi connectivity index (χ1) is 40.3. The van der Waals surface area contributed by atoms with Crippen LogP contribution in [0.1, 0.15) is 73.1 Å². The second-order valence-electron chi connectivity index (χ2n) is 20.9. The molecule has 1 aliphatic carbocycles. The Morgan fingerprint density at radius 3 is 2.14 bits per heavy atom. The van der Waals surface area contributed by atoms with Crippen LogP contribution in [0.4, 0.5) is 17.5 Å². The summed E-state index contributed by atoms with van der Waals surface area (Å²) in [6.45, 7) is 12.1. The Kier molecular flexibility index (Phi) is 24.3. The average molecular weight is 1230 g/mol. The Hall–Kier alpha value is -6.31. The van der Waals surface area contributed by atoms with Crippen LogP contribution in [0, 0.1) is 18.8 Å². The molecule has 4 N–H and O–H groups in total. The summed E-state index contributed by atoms with van der Waals surface area (Å²) in [6.07, 6.45) is 4.87. The van der Waals surface area contributed by atoms with Crippen LogP contribution in [0.3, 0.4) is 0 Å². The molecule has 83 heavy (non-hydrogen) atoms. The number of fused-ring (bicyclic) bond motifs is 1. The van der Waals surface area contributed by atoms with Crippen LogP contribution in [0.15, 0.2) is 82.9 Å². The highest BCUT2D eigenvalue weighted by atomic mass is 79.9. The number of amides is 4. The summed E-state index contributed by atoms with van der Waals surface area (Å²) < 4.78 is 41.2. The smallest absolute Gasteiger partial charge is 0.255 e. The number of halogens is 1. The molecule has 4 heterocycles. The van der Waals surface area contributed by atoms with Gasteiger partial charge in [-0.25, -0.2) is 9.97 Å². The molecule has 0 bridgehead atoms. The van der Waals surface area contributed by atoms with Gasteiger partial charge in [-0.05, 0) is 95.6 Å². The first-order valence-electron chi connectivity index (χ1n) is 28.6. The van der Waals surface area contributed by atoms with E-state index < -0.39 is 24.1 Å². The number of aliphatic hydroxyl groups is 1. The van der Waals surface area contributed by atoms with Crippen LogP contribution >= 0.6 is 27.3 Å². The summed E-state index contributed by atoms with van der Waals surface area (Å²) in [5.74, 6) is 1.66. The van der Waals surface area contributed by atoms with E-state index in [4.69, 9.17) is 33.2 Å². The molecular formula is C60H78BrN9O12S. The van der Waals surface area contributed by atoms with Gasteiger partial charge in [-0.2, -0.15) is 4.98 Å². The van der Waals surface area contributed by atoms with E-state index in [0.29, 0.717) is 121 Å². The molecule has 4 amide bonds. The van der Waals surface area contributed by atoms with E-state index in [-0.39, 0.29) is 55.7 Å². The average Bonchev–Trinajstić information content (AvgIpc) is 3.92. The third-order valence-electron chi connectivity index (χ3n) is 14.6. The van der Waals surface area contributed by atoms with Crippen molar-refractivity contribution in [3.05, 3.63) is 105 Å². The number of nitrogens with zero attached hydrogens (tertiary/aromatic N) is 6. The number of nitrogens with one attached hydrogen (secondary N) is 3. The number of β-amino-alcohol motifs (C(OH)–C–C–N with tert-alkyl or cyclic N) is 1. The quantitative estimate of drug-likeness (QED) is 0.0292. The molecular weight excluding hydrogens is 1150 g/mol. The lowest BCUT2D eigenvalue weighted by Crippen LogP contribution is -2.55. The van der Waals surface area contributed by atoms with E-state index in [1.54, 1.807) is 28.7 Å². The second-order valence-corrected chi connectivity index (χ2v) is 22.7. The monoisotopic (exact) mass is 1230 g/mol. The standard InChI is InChI=1S/C60H78BrN9O12S/c1-40(2)53(70-37-45-9-5-6-12-49(45)58(70)74)59(75)69-38-47(71)34-51(69)56(72)63-35-44-14-13-43(54-41(3)65-39-83-54)33-52(44)82-32-30-80-28-26-78-24-22-76-21-23-77-25-27-79-29-31-81-48-17-15-46(16-18-48)66-60-64-36-50(61)55(67-60)62-19-8-20-68(4)57(73)42-10-7-11-42/h5-6,9,12-18,33,36,39-40,42,47,51,53,71H,7-8,10-11,19-32,34-35,37-38H2,1-4H3,(H,63,72)(H2,62,64,66,67)/t47-,51+,53?/m1/s1. The fourth-order valence-corrected chi connectivity index (χ4v) is 11.1. The Morgan fingerprint density at radius 2 is 1.52 bits per heavy atom. The number of hydrogen-bond donors (Lipinski definition) is 4. The SMILES string of the molecule is Cc1ncsc1-c1ccc(CNC(=O)[C@@H]2C[C@@H](O)CN2C(=O)C(C(C)C)N2Cc3ccccc3C2=O)c(OCCOCCOCCOCCOCCOCCOc2ccc(Nc3ncc(Br)c(NCCCN(C)C(=O)C4CCC4)n3)cc2)c1. The summed E-state index contributed by atoms with van der Waals surface area (Å²) in [5, 5.41) is 20.3. The topological polar surface area (TPSA) is 238 Å². The van der Waals surface area contributed by atoms with Crippen molar-refractivity contribution in [1.29, 1.82) is 0 Å². The molecule has 1 unspecified atom stereocenters. The van der Waals surface area contributed by atoms with Crippen molar-refractivity contribution in [2.45, 2.75) is 84.2 Å². The number of anilines is 3. The Balaban J connectivity index is 0.647. The minimum absolute atomic E-state index is 0.00421. The van der Waals surface area contributed by atoms with E-state index in [1.165, 1.54) is 16.2 Å². The van der Waals surface area contributed by atoms with Crippen LogP contribution in [0.2, 0.25) is 0 Å². The van der Waals surface area contributed by atoms with Gasteiger partial charge in [0.1, 0.15) is 42.6 Å². The maximum absolute atomic E-state index is 14.3. The van der Waals surface area contributed by atoms with Crippen molar-refractivity contribution in [2.24, 2.45) is 11.8 Å². The van der Waals surface area contributed by atoms with E-state index in [2.05, 4.69) is 46.8 Å². The Labute approximate surface area is 498 Å². The molecule has 0 spiro atoms. The number of aryl methyl sites for hydroxylation is 1. The zero-order valence-electron chi connectivity index (χ0n) is 47.9. The molecule has 2 fully saturated rings. The normalized spacial score (nSPS) is 16.2. The minimum Gasteiger partial charge on any atom is -0.491 e. The molecule has 1 saturated heterocycles. The number of carbonyl (C=O) groups excluding carboxylic acids is 4. The second kappa shape index (κ2) is 32.1. The molecule has 2 aliphatic heterocycles. The fraction of sp³-hybridized carbons (Fsp3) is 0.517. The van der Waals surface area contributed by atoms with Crippen LogP contribution < -0.4 is 25.4 Å². The largest absolute Gasteiger partial charge is 0.491 e. The highest BCUT2D eigenvalue weighted by Gasteiger charge is 2.46. The highest BCUT2D eigenvalue weighted by molar-refractivity contribution is 9.10. The van der Waals surface area contributed by atoms with Crippen LogP contribution in [-0.2, 0) is 51.2 Å². The van der Waals surface area contributed by atoms with Crippen molar-refractivity contribution in [2.75, 3.05) is 117 Å². The van der Waals surface area contributed by atoms with Gasteiger partial charge in [0.25, 0.3) is 5.91 Å². The number of rotatable bonds is 35. The number of thiazole rings is 1. The maximum Gasteiger partial charge on any atom is 0.255 e. The first kappa shape index (κ1) is 62.7. The minimum atomic E-state index is -0.915. The number of carbonyl (C=O) groups is 4. The van der Waals surface area contributed by atoms with E-state index in [1.807, 2.05) is 87.3 Å². The van der Waals surface area contributed by atoms with Gasteiger partial charge in [-0.15, -0.1) is 11.3 Å². The Bertz CT molecular complexity index is 2900. The van der Waals surface area contributed by atoms with Crippen molar-refractivity contribution < 1.29 is 57.4 Å². The van der Waals surface area contributed by atoms with E-state index in [0.717, 1.165) is 63.1 Å². The van der Waals surface area contributed by atoms with Gasteiger partial charge in [0.05, 0.1) is 92.7 Å². The molecule has 3 atom stereocenters. The summed E-state index contributed by atoms with van der Waals surface area (Å²) >= 11 is 5.05. The van der Waals surface area contributed by atoms with E-state index >= 15 is 0 Å². The fourth-order valence-electron chi connectivity index (χ4n) is 9.94. The summed E-state index contributed by atoms with van der Waals surface area (Å²) in [4.78, 5) is 73.3. The van der Waals surface area contributed by atoms with Crippen LogP contribution in [0.25, 0.3) is 10.4 Å². The molecule has 8 rings (SSSR count). The van der Waals surface area contributed by atoms with Crippen LogP contribution in [-0.4, -0.2) is 183 Å².